The zero-order chi connectivity index (χ0) is 17.4. The molecule has 130 valence electrons. The monoisotopic (exact) mass is 329 g/mol. The molecule has 0 saturated carbocycles. The summed E-state index contributed by atoms with van der Waals surface area (Å²) >= 11 is 0. The van der Waals surface area contributed by atoms with E-state index in [1.807, 2.05) is 30.3 Å². The topological polar surface area (TPSA) is 39.7 Å². The molecule has 0 aliphatic heterocycles. The minimum Gasteiger partial charge on any atom is -0.497 e. The van der Waals surface area contributed by atoms with E-state index in [1.54, 1.807) is 14.2 Å². The lowest BCUT2D eigenvalue weighted by molar-refractivity contribution is 0.271. The van der Waals surface area contributed by atoms with E-state index in [4.69, 9.17) is 14.2 Å². The molecule has 0 atom stereocenters. The van der Waals surface area contributed by atoms with Gasteiger partial charge < -0.3 is 19.5 Å². The fourth-order valence-electron chi connectivity index (χ4n) is 2.31. The molecule has 0 fully saturated rings. The molecule has 2 aromatic rings. The molecular weight excluding hydrogens is 302 g/mol. The molecule has 0 amide bonds. The Morgan fingerprint density at radius 3 is 2.21 bits per heavy atom. The van der Waals surface area contributed by atoms with Crippen LogP contribution in [-0.2, 0) is 13.1 Å². The van der Waals surface area contributed by atoms with Crippen molar-refractivity contribution in [2.75, 3.05) is 20.8 Å². The number of methoxy groups -OCH3 is 2. The number of rotatable bonds is 9. The molecule has 0 radical (unpaired) electrons. The first-order valence-electron chi connectivity index (χ1n) is 8.25. The Morgan fingerprint density at radius 1 is 0.875 bits per heavy atom. The van der Waals surface area contributed by atoms with Crippen LogP contribution in [0.25, 0.3) is 0 Å². The van der Waals surface area contributed by atoms with Crippen molar-refractivity contribution in [2.45, 2.75) is 26.9 Å². The van der Waals surface area contributed by atoms with Crippen LogP contribution in [0.4, 0.5) is 0 Å². The molecule has 0 bridgehead atoms. The van der Waals surface area contributed by atoms with Gasteiger partial charge in [0.15, 0.2) is 0 Å². The number of nitrogens with one attached hydrogen (secondary N) is 1. The molecule has 1 N–H and O–H groups in total. The van der Waals surface area contributed by atoms with Crippen molar-refractivity contribution in [3.05, 3.63) is 53.6 Å². The van der Waals surface area contributed by atoms with E-state index in [9.17, 15) is 0 Å². The Balaban J connectivity index is 1.85. The first kappa shape index (κ1) is 18.1. The van der Waals surface area contributed by atoms with Crippen LogP contribution in [0.5, 0.6) is 17.2 Å². The molecule has 0 aromatic heterocycles. The van der Waals surface area contributed by atoms with E-state index < -0.39 is 0 Å². The molecule has 0 aliphatic rings. The lowest BCUT2D eigenvalue weighted by Gasteiger charge is -2.12. The summed E-state index contributed by atoms with van der Waals surface area (Å²) < 4.78 is 16.3. The van der Waals surface area contributed by atoms with Crippen LogP contribution in [0.1, 0.15) is 25.0 Å². The molecule has 4 heteroatoms. The predicted molar refractivity (Wildman–Crippen MR) is 96.9 cm³/mol. The average Bonchev–Trinajstić information content (AvgIpc) is 2.61. The average molecular weight is 329 g/mol. The van der Waals surface area contributed by atoms with Crippen LogP contribution in [0, 0.1) is 5.92 Å². The van der Waals surface area contributed by atoms with Crippen molar-refractivity contribution >= 4 is 0 Å². The van der Waals surface area contributed by atoms with E-state index in [2.05, 4.69) is 31.3 Å². The number of hydrogen-bond acceptors (Lipinski definition) is 4. The molecule has 4 nitrogen and oxygen atoms in total. The van der Waals surface area contributed by atoms with Crippen molar-refractivity contribution < 1.29 is 14.2 Å². The van der Waals surface area contributed by atoms with Gasteiger partial charge in [0.1, 0.15) is 17.2 Å². The summed E-state index contributed by atoms with van der Waals surface area (Å²) in [7, 11) is 3.33. The van der Waals surface area contributed by atoms with Gasteiger partial charge in [0.2, 0.25) is 0 Å². The standard InChI is InChI=1S/C20H27NO3/c1-15(2)14-24-18-8-5-16(6-9-18)12-21-13-17-7-10-19(22-3)11-20(17)23-4/h5-11,15,21H,12-14H2,1-4H3. The fraction of sp³-hybridized carbons (Fsp3) is 0.400. The molecule has 24 heavy (non-hydrogen) atoms. The van der Waals surface area contributed by atoms with Gasteiger partial charge in [0.25, 0.3) is 0 Å². The van der Waals surface area contributed by atoms with Crippen LogP contribution in [0.15, 0.2) is 42.5 Å². The lowest BCUT2D eigenvalue weighted by Crippen LogP contribution is -2.13. The highest BCUT2D eigenvalue weighted by Crippen LogP contribution is 2.24. The van der Waals surface area contributed by atoms with Crippen molar-refractivity contribution in [1.82, 2.24) is 5.32 Å². The highest BCUT2D eigenvalue weighted by molar-refractivity contribution is 5.40. The molecule has 2 aromatic carbocycles. The van der Waals surface area contributed by atoms with Gasteiger partial charge in [0.05, 0.1) is 20.8 Å². The molecule has 0 aliphatic carbocycles. The highest BCUT2D eigenvalue weighted by Gasteiger charge is 2.05. The molecular formula is C20H27NO3. The second kappa shape index (κ2) is 9.18. The van der Waals surface area contributed by atoms with Crippen LogP contribution in [-0.4, -0.2) is 20.8 Å². The Labute approximate surface area is 144 Å². The summed E-state index contributed by atoms with van der Waals surface area (Å²) in [4.78, 5) is 0. The Morgan fingerprint density at radius 2 is 1.58 bits per heavy atom. The first-order chi connectivity index (χ1) is 11.6. The minimum atomic E-state index is 0.533. The van der Waals surface area contributed by atoms with Crippen LogP contribution < -0.4 is 19.5 Å². The van der Waals surface area contributed by atoms with Gasteiger partial charge in [-0.15, -0.1) is 0 Å². The zero-order valence-electron chi connectivity index (χ0n) is 15.0. The number of hydrogen-bond donors (Lipinski definition) is 1. The Bertz CT molecular complexity index is 623. The maximum atomic E-state index is 5.70. The second-order valence-electron chi connectivity index (χ2n) is 6.13. The maximum absolute atomic E-state index is 5.70. The predicted octanol–water partition coefficient (Wildman–Crippen LogP) is 4.03. The van der Waals surface area contributed by atoms with Crippen molar-refractivity contribution in [1.29, 1.82) is 0 Å². The lowest BCUT2D eigenvalue weighted by atomic mass is 10.1. The largest absolute Gasteiger partial charge is 0.497 e. The third kappa shape index (κ3) is 5.46. The van der Waals surface area contributed by atoms with Gasteiger partial charge in [-0.25, -0.2) is 0 Å². The summed E-state index contributed by atoms with van der Waals surface area (Å²) in [5, 5.41) is 3.44. The molecule has 0 saturated heterocycles. The molecule has 2 rings (SSSR count). The molecule has 0 unspecified atom stereocenters. The smallest absolute Gasteiger partial charge is 0.127 e. The third-order valence-corrected chi connectivity index (χ3v) is 3.65. The van der Waals surface area contributed by atoms with E-state index in [0.29, 0.717) is 5.92 Å². The van der Waals surface area contributed by atoms with Crippen molar-refractivity contribution in [3.8, 4) is 17.2 Å². The number of benzene rings is 2. The van der Waals surface area contributed by atoms with Gasteiger partial charge >= 0.3 is 0 Å². The minimum absolute atomic E-state index is 0.533. The summed E-state index contributed by atoms with van der Waals surface area (Å²) in [6.45, 7) is 6.56. The quantitative estimate of drug-likeness (QED) is 0.754. The summed E-state index contributed by atoms with van der Waals surface area (Å²) in [5.41, 5.74) is 2.33. The van der Waals surface area contributed by atoms with Crippen molar-refractivity contribution in [3.63, 3.8) is 0 Å². The SMILES string of the molecule is COc1ccc(CNCc2ccc(OCC(C)C)cc2)c(OC)c1. The Hall–Kier alpha value is -2.20. The second-order valence-corrected chi connectivity index (χ2v) is 6.13. The first-order valence-corrected chi connectivity index (χ1v) is 8.25. The summed E-state index contributed by atoms with van der Waals surface area (Å²) in [5.74, 6) is 3.09. The van der Waals surface area contributed by atoms with Crippen molar-refractivity contribution in [2.24, 2.45) is 5.92 Å². The summed E-state index contributed by atoms with van der Waals surface area (Å²) in [6.07, 6.45) is 0. The number of ether oxygens (including phenoxy) is 3. The maximum Gasteiger partial charge on any atom is 0.127 e. The van der Waals surface area contributed by atoms with Gasteiger partial charge in [-0.2, -0.15) is 0 Å². The van der Waals surface area contributed by atoms with Gasteiger partial charge in [-0.3, -0.25) is 0 Å². The van der Waals surface area contributed by atoms with Crippen LogP contribution in [0.3, 0.4) is 0 Å². The normalized spacial score (nSPS) is 10.7. The van der Waals surface area contributed by atoms with E-state index in [0.717, 1.165) is 42.5 Å². The third-order valence-electron chi connectivity index (χ3n) is 3.65. The van der Waals surface area contributed by atoms with Crippen LogP contribution in [0.2, 0.25) is 0 Å². The fourth-order valence-corrected chi connectivity index (χ4v) is 2.31. The molecule has 0 spiro atoms. The van der Waals surface area contributed by atoms with E-state index in [-0.39, 0.29) is 0 Å². The highest BCUT2D eigenvalue weighted by atomic mass is 16.5. The zero-order valence-corrected chi connectivity index (χ0v) is 15.0. The summed E-state index contributed by atoms with van der Waals surface area (Å²) in [6, 6.07) is 14.1. The van der Waals surface area contributed by atoms with Gasteiger partial charge in [-0.1, -0.05) is 32.0 Å². The van der Waals surface area contributed by atoms with Crippen LogP contribution >= 0.6 is 0 Å². The van der Waals surface area contributed by atoms with E-state index in [1.165, 1.54) is 5.56 Å². The molecule has 0 heterocycles. The van der Waals surface area contributed by atoms with Gasteiger partial charge in [-0.05, 0) is 29.7 Å². The van der Waals surface area contributed by atoms with E-state index >= 15 is 0 Å². The van der Waals surface area contributed by atoms with Gasteiger partial charge in [0, 0.05) is 24.7 Å². The Kier molecular flexibility index (Phi) is 6.94.